The Bertz CT molecular complexity index is 191. The second-order valence-electron chi connectivity index (χ2n) is 3.12. The van der Waals surface area contributed by atoms with E-state index in [-0.39, 0.29) is 0 Å². The Labute approximate surface area is 87.0 Å². The maximum absolute atomic E-state index is 3.79. The minimum absolute atomic E-state index is 0.896. The summed E-state index contributed by atoms with van der Waals surface area (Å²) in [6, 6.07) is 0. The zero-order valence-electron chi connectivity index (χ0n) is 9.29. The zero-order valence-corrected chi connectivity index (χ0v) is 9.29. The van der Waals surface area contributed by atoms with Gasteiger partial charge in [-0.05, 0) is 25.3 Å². The Morgan fingerprint density at radius 2 is 2.00 bits per heavy atom. The summed E-state index contributed by atoms with van der Waals surface area (Å²) in [5, 5.41) is 7.55. The Balaban J connectivity index is 3.35. The molecule has 0 heterocycles. The van der Waals surface area contributed by atoms with Crippen LogP contribution in [-0.2, 0) is 0 Å². The summed E-state index contributed by atoms with van der Waals surface area (Å²) in [6.45, 7) is 5.22. The molecule has 14 heavy (non-hydrogen) atoms. The smallest absolute Gasteiger partial charge is 0.0928 e. The van der Waals surface area contributed by atoms with Crippen LogP contribution in [0.25, 0.3) is 0 Å². The molecular weight excluding hydrogens is 174 g/mol. The van der Waals surface area contributed by atoms with Crippen molar-refractivity contribution in [2.45, 2.75) is 46.0 Å². The molecule has 0 spiro atoms. The zero-order chi connectivity index (χ0) is 10.5. The van der Waals surface area contributed by atoms with Gasteiger partial charge in [-0.3, -0.25) is 5.43 Å². The maximum atomic E-state index is 3.79. The Morgan fingerprint density at radius 1 is 1.21 bits per heavy atom. The topological polar surface area (TPSA) is 36.8 Å². The van der Waals surface area contributed by atoms with Gasteiger partial charge in [0.05, 0.1) is 6.20 Å². The van der Waals surface area contributed by atoms with Crippen LogP contribution in [-0.4, -0.2) is 6.54 Å². The van der Waals surface area contributed by atoms with E-state index >= 15 is 0 Å². The van der Waals surface area contributed by atoms with Crippen molar-refractivity contribution >= 4 is 0 Å². The van der Waals surface area contributed by atoms with Crippen LogP contribution in [0.3, 0.4) is 0 Å². The fraction of sp³-hybridized carbons (Fsp3) is 0.727. The highest BCUT2D eigenvalue weighted by atomic mass is 15.4. The van der Waals surface area contributed by atoms with E-state index in [0.29, 0.717) is 0 Å². The fourth-order valence-electron chi connectivity index (χ4n) is 0.851. The van der Waals surface area contributed by atoms with E-state index in [1.54, 1.807) is 6.20 Å². The molecule has 0 atom stereocenters. The quantitative estimate of drug-likeness (QED) is 0.273. The SMILES string of the molecule is CCCCC=C=C/N=N\NCCCC. The lowest BCUT2D eigenvalue weighted by atomic mass is 10.2. The first-order chi connectivity index (χ1) is 6.91. The van der Waals surface area contributed by atoms with Gasteiger partial charge < -0.3 is 0 Å². The van der Waals surface area contributed by atoms with Gasteiger partial charge in [0.2, 0.25) is 0 Å². The number of hydrogen-bond acceptors (Lipinski definition) is 2. The molecule has 1 N–H and O–H groups in total. The molecule has 3 nitrogen and oxygen atoms in total. The second-order valence-corrected chi connectivity index (χ2v) is 3.12. The van der Waals surface area contributed by atoms with E-state index in [9.17, 15) is 0 Å². The molecule has 0 saturated heterocycles. The highest BCUT2D eigenvalue weighted by molar-refractivity contribution is 4.81. The Morgan fingerprint density at radius 3 is 2.71 bits per heavy atom. The number of nitrogens with zero attached hydrogens (tertiary/aromatic N) is 2. The van der Waals surface area contributed by atoms with Crippen LogP contribution in [0.15, 0.2) is 28.3 Å². The summed E-state index contributed by atoms with van der Waals surface area (Å²) in [5.41, 5.74) is 5.82. The molecule has 80 valence electrons. The van der Waals surface area contributed by atoms with Gasteiger partial charge in [0.25, 0.3) is 0 Å². The number of unbranched alkanes of at least 4 members (excludes halogenated alkanes) is 3. The molecule has 0 aromatic rings. The molecule has 0 rings (SSSR count). The highest BCUT2D eigenvalue weighted by Crippen LogP contribution is 1.93. The summed E-state index contributed by atoms with van der Waals surface area (Å²) in [6.07, 6.45) is 9.41. The summed E-state index contributed by atoms with van der Waals surface area (Å²) >= 11 is 0. The first kappa shape index (κ1) is 12.9. The monoisotopic (exact) mass is 195 g/mol. The van der Waals surface area contributed by atoms with Crippen LogP contribution >= 0.6 is 0 Å². The van der Waals surface area contributed by atoms with Crippen molar-refractivity contribution < 1.29 is 0 Å². The van der Waals surface area contributed by atoms with Crippen LogP contribution in [0.1, 0.15) is 46.0 Å². The first-order valence-corrected chi connectivity index (χ1v) is 5.44. The largest absolute Gasteiger partial charge is 0.291 e. The van der Waals surface area contributed by atoms with Crippen LogP contribution in [0.2, 0.25) is 0 Å². The molecule has 0 aliphatic carbocycles. The van der Waals surface area contributed by atoms with Crippen LogP contribution < -0.4 is 5.43 Å². The molecule has 0 saturated carbocycles. The molecule has 0 unspecified atom stereocenters. The molecule has 0 aromatic carbocycles. The van der Waals surface area contributed by atoms with Crippen molar-refractivity contribution in [3.05, 3.63) is 18.0 Å². The predicted octanol–water partition coefficient (Wildman–Crippen LogP) is 3.60. The van der Waals surface area contributed by atoms with Crippen molar-refractivity contribution in [2.24, 2.45) is 10.3 Å². The van der Waals surface area contributed by atoms with E-state index in [4.69, 9.17) is 0 Å². The molecule has 0 aromatic heterocycles. The van der Waals surface area contributed by atoms with Crippen molar-refractivity contribution in [1.29, 1.82) is 0 Å². The lowest BCUT2D eigenvalue weighted by Crippen LogP contribution is -2.04. The van der Waals surface area contributed by atoms with Crippen LogP contribution in [0, 0.1) is 0 Å². The number of hydrogen-bond donors (Lipinski definition) is 1. The average Bonchev–Trinajstić information content (AvgIpc) is 2.21. The molecule has 0 fully saturated rings. The van der Waals surface area contributed by atoms with Crippen molar-refractivity contribution in [2.75, 3.05) is 6.54 Å². The molecule has 0 aliphatic heterocycles. The predicted molar refractivity (Wildman–Crippen MR) is 59.9 cm³/mol. The van der Waals surface area contributed by atoms with E-state index in [2.05, 4.69) is 35.3 Å². The molecule has 3 heteroatoms. The van der Waals surface area contributed by atoms with E-state index in [0.717, 1.165) is 19.4 Å². The first-order valence-electron chi connectivity index (χ1n) is 5.44. The van der Waals surface area contributed by atoms with Crippen LogP contribution in [0.5, 0.6) is 0 Å². The number of nitrogens with one attached hydrogen (secondary N) is 1. The third-order valence-corrected chi connectivity index (χ3v) is 1.72. The lowest BCUT2D eigenvalue weighted by Gasteiger charge is -1.92. The lowest BCUT2D eigenvalue weighted by molar-refractivity contribution is 0.644. The third kappa shape index (κ3) is 10.9. The molecule has 0 radical (unpaired) electrons. The van der Waals surface area contributed by atoms with Gasteiger partial charge in [-0.2, -0.15) is 0 Å². The second kappa shape index (κ2) is 11.9. The standard InChI is InChI=1S/C11H21N3/c1-3-5-7-8-9-11-13-14-12-10-6-4-2/h8,11H,3-7,10H2,1-2H3,(H,12,13). The van der Waals surface area contributed by atoms with E-state index < -0.39 is 0 Å². The molecule has 0 bridgehead atoms. The van der Waals surface area contributed by atoms with E-state index in [1.165, 1.54) is 19.3 Å². The van der Waals surface area contributed by atoms with Gasteiger partial charge in [-0.1, -0.05) is 31.9 Å². The molecular formula is C11H21N3. The summed E-state index contributed by atoms with van der Waals surface area (Å²) < 4.78 is 0. The minimum Gasteiger partial charge on any atom is -0.291 e. The van der Waals surface area contributed by atoms with Gasteiger partial charge in [0.1, 0.15) is 0 Å². The van der Waals surface area contributed by atoms with Gasteiger partial charge in [0.15, 0.2) is 0 Å². The van der Waals surface area contributed by atoms with Crippen molar-refractivity contribution in [1.82, 2.24) is 5.43 Å². The van der Waals surface area contributed by atoms with E-state index in [1.807, 2.05) is 6.08 Å². The Hall–Kier alpha value is -1.08. The van der Waals surface area contributed by atoms with Gasteiger partial charge in [0, 0.05) is 6.54 Å². The van der Waals surface area contributed by atoms with Crippen molar-refractivity contribution in [3.8, 4) is 0 Å². The normalized spacial score (nSPS) is 9.86. The minimum atomic E-state index is 0.896. The number of allylic oxidation sites excluding steroid dienone is 1. The highest BCUT2D eigenvalue weighted by Gasteiger charge is 1.78. The van der Waals surface area contributed by atoms with Gasteiger partial charge in [-0.25, -0.2) is 0 Å². The van der Waals surface area contributed by atoms with Crippen LogP contribution in [0.4, 0.5) is 0 Å². The number of rotatable bonds is 8. The summed E-state index contributed by atoms with van der Waals surface area (Å²) in [5.74, 6) is 0. The average molecular weight is 195 g/mol. The summed E-state index contributed by atoms with van der Waals surface area (Å²) in [7, 11) is 0. The molecule has 0 amide bonds. The maximum Gasteiger partial charge on any atom is 0.0928 e. The summed E-state index contributed by atoms with van der Waals surface area (Å²) in [4.78, 5) is 0. The molecule has 0 aliphatic rings. The van der Waals surface area contributed by atoms with Gasteiger partial charge in [-0.15, -0.1) is 10.8 Å². The van der Waals surface area contributed by atoms with Crippen molar-refractivity contribution in [3.63, 3.8) is 0 Å². The fourth-order valence-corrected chi connectivity index (χ4v) is 0.851. The third-order valence-electron chi connectivity index (χ3n) is 1.72. The van der Waals surface area contributed by atoms with Gasteiger partial charge >= 0.3 is 0 Å². The Kier molecular flexibility index (Phi) is 11.0.